The maximum absolute atomic E-state index is 12.9. The van der Waals surface area contributed by atoms with Crippen molar-refractivity contribution in [2.24, 2.45) is 0 Å². The number of nitrogens with zero attached hydrogens (tertiary/aromatic N) is 1. The third-order valence-electron chi connectivity index (χ3n) is 4.07. The molecule has 0 aliphatic rings. The number of likely N-dealkylation sites (N-methyl/N-ethyl adjacent to an activating group) is 1. The van der Waals surface area contributed by atoms with Crippen LogP contribution in [0.1, 0.15) is 18.9 Å². The van der Waals surface area contributed by atoms with Gasteiger partial charge in [-0.1, -0.05) is 54.4 Å². The van der Waals surface area contributed by atoms with Gasteiger partial charge in [0.15, 0.2) is 6.61 Å². The topological polar surface area (TPSA) is 58.6 Å². The van der Waals surface area contributed by atoms with Gasteiger partial charge in [-0.25, -0.2) is 0 Å². The molecule has 144 valence electrons. The predicted octanol–water partition coefficient (Wildman–Crippen LogP) is 3.93. The fourth-order valence-electron chi connectivity index (χ4n) is 2.67. The molecule has 1 atom stereocenters. The molecular formula is C20H22Cl2N2O3. The largest absolute Gasteiger partial charge is 0.484 e. The van der Waals surface area contributed by atoms with E-state index in [-0.39, 0.29) is 25.0 Å². The number of rotatable bonds is 8. The summed E-state index contributed by atoms with van der Waals surface area (Å²) in [5.41, 5.74) is 0.778. The molecular weight excluding hydrogens is 387 g/mol. The minimum absolute atomic E-state index is 0.168. The third-order valence-corrected chi connectivity index (χ3v) is 4.81. The number of hydrogen-bond donors (Lipinski definition) is 1. The van der Waals surface area contributed by atoms with E-state index in [1.807, 2.05) is 25.1 Å². The van der Waals surface area contributed by atoms with E-state index in [4.69, 9.17) is 27.9 Å². The summed E-state index contributed by atoms with van der Waals surface area (Å²) in [5, 5.41) is 3.44. The lowest BCUT2D eigenvalue weighted by atomic mass is 10.1. The lowest BCUT2D eigenvalue weighted by Crippen LogP contribution is -2.49. The first-order valence-corrected chi connectivity index (χ1v) is 9.34. The molecule has 0 fully saturated rings. The molecule has 7 heteroatoms. The van der Waals surface area contributed by atoms with Crippen LogP contribution >= 0.6 is 23.2 Å². The number of benzene rings is 2. The number of ether oxygens (including phenoxy) is 1. The average Bonchev–Trinajstić information content (AvgIpc) is 2.69. The van der Waals surface area contributed by atoms with Gasteiger partial charge < -0.3 is 15.0 Å². The Morgan fingerprint density at radius 3 is 2.41 bits per heavy atom. The Balaban J connectivity index is 2.20. The van der Waals surface area contributed by atoms with Gasteiger partial charge in [0.1, 0.15) is 11.8 Å². The van der Waals surface area contributed by atoms with Crippen LogP contribution in [-0.2, 0) is 16.1 Å². The number of amides is 2. The number of nitrogens with one attached hydrogen (secondary N) is 1. The second-order valence-corrected chi connectivity index (χ2v) is 6.72. The fraction of sp³-hybridized carbons (Fsp3) is 0.300. The highest BCUT2D eigenvalue weighted by molar-refractivity contribution is 6.42. The van der Waals surface area contributed by atoms with E-state index in [0.29, 0.717) is 22.2 Å². The van der Waals surface area contributed by atoms with Gasteiger partial charge in [-0.05, 0) is 36.2 Å². The van der Waals surface area contributed by atoms with E-state index < -0.39 is 6.04 Å². The Kier molecular flexibility index (Phi) is 7.95. The Labute approximate surface area is 169 Å². The second-order valence-electron chi connectivity index (χ2n) is 5.91. The summed E-state index contributed by atoms with van der Waals surface area (Å²) in [6.07, 6.45) is 0.470. The normalized spacial score (nSPS) is 11.6. The standard InChI is InChI=1S/C20H22Cl2N2O3/c1-3-18(20(26)23-2)24(12-14-9-10-16(21)17(22)11-14)19(25)13-27-15-7-5-4-6-8-15/h4-11,18H,3,12-13H2,1-2H3,(H,23,26)/t18-/m1/s1. The van der Waals surface area contributed by atoms with Crippen molar-refractivity contribution in [2.75, 3.05) is 13.7 Å². The zero-order chi connectivity index (χ0) is 19.8. The molecule has 0 saturated carbocycles. The Hall–Kier alpha value is -2.24. The molecule has 2 rings (SSSR count). The van der Waals surface area contributed by atoms with Crippen LogP contribution in [0.2, 0.25) is 10.0 Å². The van der Waals surface area contributed by atoms with E-state index in [2.05, 4.69) is 5.32 Å². The Morgan fingerprint density at radius 2 is 1.81 bits per heavy atom. The first-order chi connectivity index (χ1) is 13.0. The summed E-state index contributed by atoms with van der Waals surface area (Å²) in [7, 11) is 1.55. The van der Waals surface area contributed by atoms with E-state index in [9.17, 15) is 9.59 Å². The molecule has 5 nitrogen and oxygen atoms in total. The van der Waals surface area contributed by atoms with Crippen molar-refractivity contribution in [1.82, 2.24) is 10.2 Å². The van der Waals surface area contributed by atoms with Crippen LogP contribution in [0.15, 0.2) is 48.5 Å². The maximum Gasteiger partial charge on any atom is 0.261 e. The van der Waals surface area contributed by atoms with E-state index in [1.54, 1.807) is 37.4 Å². The van der Waals surface area contributed by atoms with Crippen molar-refractivity contribution in [3.05, 3.63) is 64.1 Å². The minimum Gasteiger partial charge on any atom is -0.484 e. The van der Waals surface area contributed by atoms with Crippen LogP contribution in [0.3, 0.4) is 0 Å². The molecule has 0 radical (unpaired) electrons. The highest BCUT2D eigenvalue weighted by Gasteiger charge is 2.28. The molecule has 0 saturated heterocycles. The van der Waals surface area contributed by atoms with Crippen LogP contribution in [-0.4, -0.2) is 36.4 Å². The van der Waals surface area contributed by atoms with Gasteiger partial charge in [0.2, 0.25) is 5.91 Å². The lowest BCUT2D eigenvalue weighted by Gasteiger charge is -2.30. The summed E-state index contributed by atoms with van der Waals surface area (Å²) < 4.78 is 5.57. The number of carbonyl (C=O) groups is 2. The van der Waals surface area contributed by atoms with Gasteiger partial charge in [0, 0.05) is 13.6 Å². The third kappa shape index (κ3) is 5.88. The van der Waals surface area contributed by atoms with Gasteiger partial charge in [-0.15, -0.1) is 0 Å². The molecule has 2 aromatic carbocycles. The Bertz CT molecular complexity index is 784. The van der Waals surface area contributed by atoms with E-state index in [0.717, 1.165) is 5.56 Å². The average molecular weight is 409 g/mol. The summed E-state index contributed by atoms with van der Waals surface area (Å²) in [6.45, 7) is 1.91. The maximum atomic E-state index is 12.9. The van der Waals surface area contributed by atoms with Crippen molar-refractivity contribution in [2.45, 2.75) is 25.9 Å². The minimum atomic E-state index is -0.615. The molecule has 0 unspecified atom stereocenters. The van der Waals surface area contributed by atoms with Gasteiger partial charge in [-0.3, -0.25) is 9.59 Å². The number of carbonyl (C=O) groups excluding carboxylic acids is 2. The highest BCUT2D eigenvalue weighted by atomic mass is 35.5. The number of para-hydroxylation sites is 1. The van der Waals surface area contributed by atoms with E-state index >= 15 is 0 Å². The molecule has 0 aliphatic heterocycles. The molecule has 0 bridgehead atoms. The van der Waals surface area contributed by atoms with Crippen molar-refractivity contribution >= 4 is 35.0 Å². The molecule has 2 amide bonds. The van der Waals surface area contributed by atoms with Crippen LogP contribution in [0.25, 0.3) is 0 Å². The lowest BCUT2D eigenvalue weighted by molar-refractivity contribution is -0.142. The molecule has 27 heavy (non-hydrogen) atoms. The molecule has 0 heterocycles. The molecule has 0 aliphatic carbocycles. The molecule has 0 spiro atoms. The quantitative estimate of drug-likeness (QED) is 0.719. The van der Waals surface area contributed by atoms with Gasteiger partial charge in [-0.2, -0.15) is 0 Å². The summed E-state index contributed by atoms with van der Waals surface area (Å²) in [4.78, 5) is 26.6. The summed E-state index contributed by atoms with van der Waals surface area (Å²) in [5.74, 6) is 0.0688. The zero-order valence-corrected chi connectivity index (χ0v) is 16.8. The van der Waals surface area contributed by atoms with Crippen molar-refractivity contribution in [1.29, 1.82) is 0 Å². The fourth-order valence-corrected chi connectivity index (χ4v) is 2.99. The SMILES string of the molecule is CC[C@H](C(=O)NC)N(Cc1ccc(Cl)c(Cl)c1)C(=O)COc1ccccc1. The highest BCUT2D eigenvalue weighted by Crippen LogP contribution is 2.24. The number of hydrogen-bond acceptors (Lipinski definition) is 3. The predicted molar refractivity (Wildman–Crippen MR) is 107 cm³/mol. The second kappa shape index (κ2) is 10.2. The van der Waals surface area contributed by atoms with Crippen LogP contribution in [0.5, 0.6) is 5.75 Å². The van der Waals surface area contributed by atoms with E-state index in [1.165, 1.54) is 4.90 Å². The van der Waals surface area contributed by atoms with Crippen LogP contribution in [0, 0.1) is 0 Å². The molecule has 2 aromatic rings. The first-order valence-electron chi connectivity index (χ1n) is 8.59. The zero-order valence-electron chi connectivity index (χ0n) is 15.2. The van der Waals surface area contributed by atoms with Crippen LogP contribution < -0.4 is 10.1 Å². The molecule has 0 aromatic heterocycles. The number of halogens is 2. The monoisotopic (exact) mass is 408 g/mol. The Morgan fingerprint density at radius 1 is 1.11 bits per heavy atom. The van der Waals surface area contributed by atoms with Gasteiger partial charge in [0.25, 0.3) is 5.91 Å². The van der Waals surface area contributed by atoms with Gasteiger partial charge >= 0.3 is 0 Å². The summed E-state index contributed by atoms with van der Waals surface area (Å²) >= 11 is 12.0. The van der Waals surface area contributed by atoms with Crippen molar-refractivity contribution < 1.29 is 14.3 Å². The van der Waals surface area contributed by atoms with Crippen molar-refractivity contribution in [3.8, 4) is 5.75 Å². The molecule has 1 N–H and O–H groups in total. The summed E-state index contributed by atoms with van der Waals surface area (Å²) in [6, 6.07) is 13.6. The first kappa shape index (κ1) is 21.1. The smallest absolute Gasteiger partial charge is 0.261 e. The van der Waals surface area contributed by atoms with Gasteiger partial charge in [0.05, 0.1) is 10.0 Å². The van der Waals surface area contributed by atoms with Crippen molar-refractivity contribution in [3.63, 3.8) is 0 Å². The van der Waals surface area contributed by atoms with Crippen LogP contribution in [0.4, 0.5) is 0 Å².